The fourth-order valence-corrected chi connectivity index (χ4v) is 2.07. The molecule has 3 heteroatoms. The first-order valence-corrected chi connectivity index (χ1v) is 4.22. The second-order valence-corrected chi connectivity index (χ2v) is 4.01. The Morgan fingerprint density at radius 3 is 2.20 bits per heavy atom. The summed E-state index contributed by atoms with van der Waals surface area (Å²) < 4.78 is 10.6. The maximum Gasteiger partial charge on any atom is 0.159 e. The first-order valence-electron chi connectivity index (χ1n) is 3.55. The fraction of sp³-hybridized carbons (Fsp3) is 1.00. The predicted octanol–water partition coefficient (Wildman–Crippen LogP) is 2.40. The van der Waals surface area contributed by atoms with Crippen molar-refractivity contribution < 1.29 is 8.37 Å². The Hall–Kier alpha value is 0.270. The van der Waals surface area contributed by atoms with Crippen molar-refractivity contribution in [2.24, 2.45) is 5.92 Å². The standard InChI is InChI=1S/C7H14O2S/c1-5(2)6-7(3,4)9-10-8-6/h5-6H,1-4H3. The van der Waals surface area contributed by atoms with Gasteiger partial charge in [-0.05, 0) is 19.8 Å². The zero-order chi connectivity index (χ0) is 7.78. The molecule has 0 bridgehead atoms. The largest absolute Gasteiger partial charge is 0.285 e. The fourth-order valence-electron chi connectivity index (χ4n) is 1.23. The molecule has 0 saturated carbocycles. The van der Waals surface area contributed by atoms with Crippen molar-refractivity contribution in [3.05, 3.63) is 0 Å². The highest BCUT2D eigenvalue weighted by molar-refractivity contribution is 7.90. The van der Waals surface area contributed by atoms with Gasteiger partial charge in [-0.2, -0.15) is 0 Å². The van der Waals surface area contributed by atoms with Gasteiger partial charge in [0.1, 0.15) is 11.7 Å². The highest BCUT2D eigenvalue weighted by Gasteiger charge is 2.40. The smallest absolute Gasteiger partial charge is 0.159 e. The molecule has 2 nitrogen and oxygen atoms in total. The van der Waals surface area contributed by atoms with Crippen molar-refractivity contribution in [3.63, 3.8) is 0 Å². The maximum atomic E-state index is 5.32. The average molecular weight is 162 g/mol. The Kier molecular flexibility index (Phi) is 2.28. The lowest BCUT2D eigenvalue weighted by molar-refractivity contribution is 0.0441. The van der Waals surface area contributed by atoms with Crippen LogP contribution in [0.25, 0.3) is 0 Å². The van der Waals surface area contributed by atoms with E-state index in [2.05, 4.69) is 27.7 Å². The minimum Gasteiger partial charge on any atom is -0.285 e. The zero-order valence-corrected chi connectivity index (χ0v) is 7.70. The SMILES string of the molecule is CC(C)C1OSOC1(C)C. The van der Waals surface area contributed by atoms with Gasteiger partial charge in [-0.25, -0.2) is 0 Å². The predicted molar refractivity (Wildman–Crippen MR) is 42.5 cm³/mol. The van der Waals surface area contributed by atoms with Crippen molar-refractivity contribution in [3.8, 4) is 0 Å². The van der Waals surface area contributed by atoms with Gasteiger partial charge >= 0.3 is 0 Å². The molecule has 0 aromatic rings. The average Bonchev–Trinajstić information content (AvgIpc) is 2.08. The van der Waals surface area contributed by atoms with E-state index in [-0.39, 0.29) is 11.7 Å². The molecule has 1 fully saturated rings. The first kappa shape index (κ1) is 8.37. The zero-order valence-electron chi connectivity index (χ0n) is 6.88. The second kappa shape index (κ2) is 2.72. The van der Waals surface area contributed by atoms with Crippen molar-refractivity contribution in [2.45, 2.75) is 39.4 Å². The lowest BCUT2D eigenvalue weighted by Gasteiger charge is -2.24. The number of rotatable bonds is 1. The van der Waals surface area contributed by atoms with Crippen LogP contribution in [-0.4, -0.2) is 11.7 Å². The van der Waals surface area contributed by atoms with E-state index in [1.165, 1.54) is 0 Å². The third-order valence-electron chi connectivity index (χ3n) is 1.68. The molecule has 1 aliphatic heterocycles. The molecule has 1 aliphatic rings. The van der Waals surface area contributed by atoms with Crippen LogP contribution in [0, 0.1) is 5.92 Å². The van der Waals surface area contributed by atoms with Crippen molar-refractivity contribution in [1.29, 1.82) is 0 Å². The minimum atomic E-state index is -0.126. The molecule has 1 heterocycles. The molecule has 1 rings (SSSR count). The van der Waals surface area contributed by atoms with Gasteiger partial charge in [0.25, 0.3) is 0 Å². The number of hydrogen-bond acceptors (Lipinski definition) is 3. The molecule has 0 aliphatic carbocycles. The van der Waals surface area contributed by atoms with Crippen molar-refractivity contribution in [1.82, 2.24) is 0 Å². The van der Waals surface area contributed by atoms with Crippen LogP contribution in [0.4, 0.5) is 0 Å². The normalized spacial score (nSPS) is 31.5. The quantitative estimate of drug-likeness (QED) is 0.552. The van der Waals surface area contributed by atoms with E-state index in [1.54, 1.807) is 0 Å². The summed E-state index contributed by atoms with van der Waals surface area (Å²) in [6, 6.07) is 0. The van der Waals surface area contributed by atoms with Crippen LogP contribution in [0.1, 0.15) is 27.7 Å². The maximum absolute atomic E-state index is 5.32. The topological polar surface area (TPSA) is 18.5 Å². The van der Waals surface area contributed by atoms with Crippen LogP contribution in [0.5, 0.6) is 0 Å². The summed E-state index contributed by atoms with van der Waals surface area (Å²) in [5.74, 6) is 0.519. The van der Waals surface area contributed by atoms with Gasteiger partial charge in [0.15, 0.2) is 12.3 Å². The molecule has 1 unspecified atom stereocenters. The summed E-state index contributed by atoms with van der Waals surface area (Å²) in [7, 11) is 0. The highest BCUT2D eigenvalue weighted by atomic mass is 32.2. The van der Waals surface area contributed by atoms with Gasteiger partial charge in [0.05, 0.1) is 0 Å². The molecule has 1 atom stereocenters. The third-order valence-corrected chi connectivity index (χ3v) is 2.47. The van der Waals surface area contributed by atoms with Gasteiger partial charge in [0.2, 0.25) is 0 Å². The Labute approximate surface area is 66.7 Å². The summed E-state index contributed by atoms with van der Waals surface area (Å²) in [6.45, 7) is 8.39. The molecule has 60 valence electrons. The summed E-state index contributed by atoms with van der Waals surface area (Å²) >= 11 is 1.12. The summed E-state index contributed by atoms with van der Waals surface area (Å²) in [5, 5.41) is 0. The van der Waals surface area contributed by atoms with E-state index < -0.39 is 0 Å². The van der Waals surface area contributed by atoms with Crippen LogP contribution in [0.3, 0.4) is 0 Å². The molecule has 0 spiro atoms. The number of hydrogen-bond donors (Lipinski definition) is 0. The van der Waals surface area contributed by atoms with Crippen molar-refractivity contribution in [2.75, 3.05) is 0 Å². The monoisotopic (exact) mass is 162 g/mol. The molecule has 0 radical (unpaired) electrons. The Bertz CT molecular complexity index is 123. The lowest BCUT2D eigenvalue weighted by atomic mass is 9.93. The van der Waals surface area contributed by atoms with Crippen LogP contribution < -0.4 is 0 Å². The van der Waals surface area contributed by atoms with Gasteiger partial charge in [0, 0.05) is 0 Å². The van der Waals surface area contributed by atoms with Gasteiger partial charge in [-0.15, -0.1) is 0 Å². The van der Waals surface area contributed by atoms with E-state index in [4.69, 9.17) is 8.37 Å². The highest BCUT2D eigenvalue weighted by Crippen LogP contribution is 2.38. The molecular formula is C7H14O2S. The molecule has 0 aromatic heterocycles. The minimum absolute atomic E-state index is 0.126. The summed E-state index contributed by atoms with van der Waals surface area (Å²) in [4.78, 5) is 0. The molecule has 10 heavy (non-hydrogen) atoms. The Morgan fingerprint density at radius 1 is 1.40 bits per heavy atom. The summed E-state index contributed by atoms with van der Waals surface area (Å²) in [6.07, 6.45) is 0.220. The van der Waals surface area contributed by atoms with Crippen LogP contribution in [0.2, 0.25) is 0 Å². The second-order valence-electron chi connectivity index (χ2n) is 3.52. The Morgan fingerprint density at radius 2 is 2.00 bits per heavy atom. The van der Waals surface area contributed by atoms with E-state index in [0.717, 1.165) is 12.3 Å². The van der Waals surface area contributed by atoms with E-state index in [0.29, 0.717) is 5.92 Å². The van der Waals surface area contributed by atoms with E-state index >= 15 is 0 Å². The molecule has 0 amide bonds. The van der Waals surface area contributed by atoms with Crippen LogP contribution >= 0.6 is 12.3 Å². The lowest BCUT2D eigenvalue weighted by Crippen LogP contribution is -2.36. The molecular weight excluding hydrogens is 148 g/mol. The summed E-state index contributed by atoms with van der Waals surface area (Å²) in [5.41, 5.74) is -0.126. The van der Waals surface area contributed by atoms with Crippen LogP contribution in [0.15, 0.2) is 0 Å². The third kappa shape index (κ3) is 1.47. The van der Waals surface area contributed by atoms with Gasteiger partial charge in [-0.1, -0.05) is 13.8 Å². The molecule has 1 saturated heterocycles. The first-order chi connectivity index (χ1) is 4.54. The van der Waals surface area contributed by atoms with E-state index in [1.807, 2.05) is 0 Å². The van der Waals surface area contributed by atoms with E-state index in [9.17, 15) is 0 Å². The van der Waals surface area contributed by atoms with Gasteiger partial charge < -0.3 is 0 Å². The van der Waals surface area contributed by atoms with Crippen molar-refractivity contribution >= 4 is 12.3 Å². The van der Waals surface area contributed by atoms with Gasteiger partial charge in [-0.3, -0.25) is 8.37 Å². The Balaban J connectivity index is 2.59. The molecule has 0 N–H and O–H groups in total. The van der Waals surface area contributed by atoms with Crippen LogP contribution in [-0.2, 0) is 8.37 Å². The molecule has 0 aromatic carbocycles.